The smallest absolute Gasteiger partial charge is 0.128 e. The molecule has 1 aliphatic heterocycles. The van der Waals surface area contributed by atoms with E-state index in [1.807, 2.05) is 12.1 Å². The van der Waals surface area contributed by atoms with Crippen LogP contribution in [0, 0.1) is 5.92 Å². The third kappa shape index (κ3) is 3.30. The van der Waals surface area contributed by atoms with Crippen molar-refractivity contribution in [3.05, 3.63) is 22.8 Å². The van der Waals surface area contributed by atoms with Crippen LogP contribution < -0.4 is 4.90 Å². The summed E-state index contributed by atoms with van der Waals surface area (Å²) in [5.41, 5.74) is 0.784. The van der Waals surface area contributed by atoms with Gasteiger partial charge in [0.1, 0.15) is 5.82 Å². The maximum absolute atomic E-state index is 6.03. The third-order valence-electron chi connectivity index (χ3n) is 3.67. The van der Waals surface area contributed by atoms with Crippen LogP contribution in [0.5, 0.6) is 0 Å². The van der Waals surface area contributed by atoms with Gasteiger partial charge in [0.05, 0.1) is 16.6 Å². The number of hydrogen-bond donors (Lipinski definition) is 0. The predicted molar refractivity (Wildman–Crippen MR) is 78.6 cm³/mol. The summed E-state index contributed by atoms with van der Waals surface area (Å²) in [6.45, 7) is 4.46. The fourth-order valence-corrected chi connectivity index (χ4v) is 3.05. The van der Waals surface area contributed by atoms with Crippen molar-refractivity contribution in [3.8, 4) is 0 Å². The molecule has 18 heavy (non-hydrogen) atoms. The Balaban J connectivity index is 2.01. The van der Waals surface area contributed by atoms with Crippen LogP contribution in [0.3, 0.4) is 0 Å². The van der Waals surface area contributed by atoms with Gasteiger partial charge in [-0.25, -0.2) is 4.98 Å². The molecule has 2 nitrogen and oxygen atoms in total. The number of anilines is 1. The van der Waals surface area contributed by atoms with Crippen LogP contribution in [-0.4, -0.2) is 18.1 Å². The van der Waals surface area contributed by atoms with Crippen LogP contribution in [0.15, 0.2) is 12.1 Å². The summed E-state index contributed by atoms with van der Waals surface area (Å²) in [6, 6.07) is 3.90. The Hall–Kier alpha value is -0.470. The molecule has 0 aliphatic carbocycles. The molecule has 4 heteroatoms. The summed E-state index contributed by atoms with van der Waals surface area (Å²) in [6.07, 6.45) is 5.19. The normalized spacial score (nSPS) is 17.2. The molecule has 1 aliphatic rings. The fraction of sp³-hybridized carbons (Fsp3) is 0.643. The molecule has 2 rings (SSSR count). The summed E-state index contributed by atoms with van der Waals surface area (Å²) >= 11 is 11.9. The number of piperidine rings is 1. The first-order chi connectivity index (χ1) is 8.74. The Labute approximate surface area is 119 Å². The minimum atomic E-state index is 0.374. The molecule has 0 amide bonds. The maximum atomic E-state index is 6.03. The van der Waals surface area contributed by atoms with E-state index < -0.39 is 0 Å². The van der Waals surface area contributed by atoms with Crippen molar-refractivity contribution in [1.82, 2.24) is 4.98 Å². The van der Waals surface area contributed by atoms with Gasteiger partial charge < -0.3 is 4.90 Å². The lowest BCUT2D eigenvalue weighted by atomic mass is 9.92. The molecule has 0 unspecified atom stereocenters. The monoisotopic (exact) mass is 286 g/mol. The quantitative estimate of drug-likeness (QED) is 0.758. The number of pyridine rings is 1. The van der Waals surface area contributed by atoms with E-state index in [1.165, 1.54) is 25.7 Å². The first kappa shape index (κ1) is 14.0. The lowest BCUT2D eigenvalue weighted by Gasteiger charge is -2.33. The molecule has 1 aromatic heterocycles. The minimum Gasteiger partial charge on any atom is -0.357 e. The molecular formula is C14H20Cl2N2. The molecule has 0 spiro atoms. The predicted octanol–water partition coefficient (Wildman–Crippen LogP) is 4.49. The van der Waals surface area contributed by atoms with Gasteiger partial charge in [0.15, 0.2) is 0 Å². The van der Waals surface area contributed by atoms with Gasteiger partial charge in [0, 0.05) is 13.1 Å². The second kappa shape index (κ2) is 6.63. The Morgan fingerprint density at radius 3 is 2.67 bits per heavy atom. The average molecular weight is 287 g/mol. The van der Waals surface area contributed by atoms with Crippen LogP contribution in [0.1, 0.15) is 38.3 Å². The first-order valence-electron chi connectivity index (χ1n) is 6.71. The lowest BCUT2D eigenvalue weighted by molar-refractivity contribution is 0.377. The van der Waals surface area contributed by atoms with E-state index in [2.05, 4.69) is 16.8 Å². The maximum Gasteiger partial charge on any atom is 0.128 e. The van der Waals surface area contributed by atoms with E-state index in [0.717, 1.165) is 30.5 Å². The molecule has 0 atom stereocenters. The first-order valence-corrected chi connectivity index (χ1v) is 7.62. The molecule has 2 heterocycles. The highest BCUT2D eigenvalue weighted by Gasteiger charge is 2.19. The van der Waals surface area contributed by atoms with Gasteiger partial charge in [-0.1, -0.05) is 31.4 Å². The van der Waals surface area contributed by atoms with Gasteiger partial charge in [-0.15, -0.1) is 11.6 Å². The standard InChI is InChI=1S/C14H20Cl2N2/c1-2-3-11-6-8-18(9-7-11)14-5-4-12(16)13(10-15)17-14/h4-5,11H,2-3,6-10H2,1H3. The summed E-state index contributed by atoms with van der Waals surface area (Å²) in [7, 11) is 0. The number of nitrogens with zero attached hydrogens (tertiary/aromatic N) is 2. The lowest BCUT2D eigenvalue weighted by Crippen LogP contribution is -2.34. The second-order valence-electron chi connectivity index (χ2n) is 4.95. The van der Waals surface area contributed by atoms with E-state index in [-0.39, 0.29) is 0 Å². The highest BCUT2D eigenvalue weighted by molar-refractivity contribution is 6.32. The highest BCUT2D eigenvalue weighted by atomic mass is 35.5. The van der Waals surface area contributed by atoms with Crippen molar-refractivity contribution < 1.29 is 0 Å². The van der Waals surface area contributed by atoms with Crippen LogP contribution >= 0.6 is 23.2 Å². The molecule has 0 radical (unpaired) electrons. The Bertz CT molecular complexity index is 387. The molecule has 0 bridgehead atoms. The van der Waals surface area contributed by atoms with E-state index in [0.29, 0.717) is 10.9 Å². The fourth-order valence-electron chi connectivity index (χ4n) is 2.60. The van der Waals surface area contributed by atoms with Gasteiger partial charge in [-0.3, -0.25) is 0 Å². The van der Waals surface area contributed by atoms with Gasteiger partial charge >= 0.3 is 0 Å². The third-order valence-corrected chi connectivity index (χ3v) is 4.26. The molecular weight excluding hydrogens is 267 g/mol. The molecule has 0 N–H and O–H groups in total. The zero-order valence-electron chi connectivity index (χ0n) is 10.8. The minimum absolute atomic E-state index is 0.374. The molecule has 1 fully saturated rings. The van der Waals surface area contributed by atoms with Crippen LogP contribution in [0.2, 0.25) is 5.02 Å². The van der Waals surface area contributed by atoms with Crippen LogP contribution in [-0.2, 0) is 5.88 Å². The average Bonchev–Trinajstić information content (AvgIpc) is 2.41. The van der Waals surface area contributed by atoms with Crippen molar-refractivity contribution in [2.75, 3.05) is 18.0 Å². The Morgan fingerprint density at radius 1 is 1.33 bits per heavy atom. The van der Waals surface area contributed by atoms with Crippen molar-refractivity contribution in [3.63, 3.8) is 0 Å². The summed E-state index contributed by atoms with van der Waals surface area (Å²) in [5, 5.41) is 0.662. The van der Waals surface area contributed by atoms with Crippen molar-refractivity contribution in [2.45, 2.75) is 38.5 Å². The van der Waals surface area contributed by atoms with Gasteiger partial charge in [-0.2, -0.15) is 0 Å². The number of halogens is 2. The zero-order valence-corrected chi connectivity index (χ0v) is 12.3. The van der Waals surface area contributed by atoms with Gasteiger partial charge in [0.2, 0.25) is 0 Å². The second-order valence-corrected chi connectivity index (χ2v) is 5.63. The van der Waals surface area contributed by atoms with Crippen molar-refractivity contribution >= 4 is 29.0 Å². The summed E-state index contributed by atoms with van der Waals surface area (Å²) in [4.78, 5) is 6.89. The van der Waals surface area contributed by atoms with E-state index >= 15 is 0 Å². The van der Waals surface area contributed by atoms with Gasteiger partial charge in [0.25, 0.3) is 0 Å². The SMILES string of the molecule is CCCC1CCN(c2ccc(Cl)c(CCl)n2)CC1. The van der Waals surface area contributed by atoms with Crippen molar-refractivity contribution in [2.24, 2.45) is 5.92 Å². The molecule has 1 saturated heterocycles. The summed E-state index contributed by atoms with van der Waals surface area (Å²) in [5.74, 6) is 2.29. The van der Waals surface area contributed by atoms with Crippen molar-refractivity contribution in [1.29, 1.82) is 0 Å². The number of rotatable bonds is 4. The topological polar surface area (TPSA) is 16.1 Å². The Morgan fingerprint density at radius 2 is 2.06 bits per heavy atom. The van der Waals surface area contributed by atoms with Crippen LogP contribution in [0.25, 0.3) is 0 Å². The molecule has 100 valence electrons. The van der Waals surface area contributed by atoms with Gasteiger partial charge in [-0.05, 0) is 30.9 Å². The van der Waals surface area contributed by atoms with Crippen LogP contribution in [0.4, 0.5) is 5.82 Å². The largest absolute Gasteiger partial charge is 0.357 e. The zero-order chi connectivity index (χ0) is 13.0. The Kier molecular flexibility index (Phi) is 5.13. The number of aromatic nitrogens is 1. The van der Waals surface area contributed by atoms with E-state index in [9.17, 15) is 0 Å². The molecule has 0 saturated carbocycles. The summed E-state index contributed by atoms with van der Waals surface area (Å²) < 4.78 is 0. The highest BCUT2D eigenvalue weighted by Crippen LogP contribution is 2.26. The number of alkyl halides is 1. The van der Waals surface area contributed by atoms with E-state index in [1.54, 1.807) is 0 Å². The van der Waals surface area contributed by atoms with E-state index in [4.69, 9.17) is 23.2 Å². The number of hydrogen-bond acceptors (Lipinski definition) is 2. The molecule has 0 aromatic carbocycles. The molecule has 1 aromatic rings.